The van der Waals surface area contributed by atoms with Gasteiger partial charge in [-0.15, -0.1) is 0 Å². The molecule has 2 heteroatoms. The van der Waals surface area contributed by atoms with Crippen molar-refractivity contribution in [3.63, 3.8) is 0 Å². The third-order valence-corrected chi connectivity index (χ3v) is 8.56. The predicted molar refractivity (Wildman–Crippen MR) is 143 cm³/mol. The zero-order chi connectivity index (χ0) is 22.0. The molecule has 0 saturated heterocycles. The molecule has 0 aliphatic carbocycles. The summed E-state index contributed by atoms with van der Waals surface area (Å²) in [5, 5.41) is 9.02. The molecule has 1 heterocycles. The first kappa shape index (κ1) is 19.9. The second kappa shape index (κ2) is 8.62. The normalized spacial score (nSPS) is 11.3. The number of aromatic nitrogens is 1. The highest BCUT2D eigenvalue weighted by Gasteiger charge is 2.21. The highest BCUT2D eigenvalue weighted by Crippen LogP contribution is 2.39. The van der Waals surface area contributed by atoms with E-state index in [0.717, 1.165) is 5.69 Å². The van der Waals surface area contributed by atoms with Gasteiger partial charge in [-0.2, -0.15) is 0 Å². The Labute approximate surface area is 195 Å². The van der Waals surface area contributed by atoms with Gasteiger partial charge in [0.2, 0.25) is 0 Å². The van der Waals surface area contributed by atoms with Crippen molar-refractivity contribution in [2.24, 2.45) is 0 Å². The average molecular weight is 439 g/mol. The first-order valence-electron chi connectivity index (χ1n) is 11.2. The highest BCUT2D eigenvalue weighted by molar-refractivity contribution is 7.80. The summed E-state index contributed by atoms with van der Waals surface area (Å²) in [6.45, 7) is 0. The third-order valence-electron chi connectivity index (χ3n) is 6.08. The number of nitrogens with zero attached hydrogens (tertiary/aromatic N) is 1. The summed E-state index contributed by atoms with van der Waals surface area (Å²) >= 11 is 0. The summed E-state index contributed by atoms with van der Waals surface area (Å²) in [5.74, 6) is 0. The van der Waals surface area contributed by atoms with Crippen LogP contribution in [0.3, 0.4) is 0 Å². The van der Waals surface area contributed by atoms with E-state index < -0.39 is 7.92 Å². The van der Waals surface area contributed by atoms with Gasteiger partial charge in [-0.1, -0.05) is 121 Å². The first-order chi connectivity index (χ1) is 16.4. The van der Waals surface area contributed by atoms with Gasteiger partial charge < -0.3 is 0 Å². The molecule has 0 fully saturated rings. The van der Waals surface area contributed by atoms with Gasteiger partial charge in [-0.3, -0.25) is 4.98 Å². The molecule has 1 aromatic heterocycles. The van der Waals surface area contributed by atoms with Gasteiger partial charge in [0.25, 0.3) is 0 Å². The fraction of sp³-hybridized carbons (Fsp3) is 0. The zero-order valence-corrected chi connectivity index (χ0v) is 19.0. The van der Waals surface area contributed by atoms with Gasteiger partial charge in [-0.25, -0.2) is 0 Å². The fourth-order valence-electron chi connectivity index (χ4n) is 4.62. The molecule has 0 aliphatic heterocycles. The van der Waals surface area contributed by atoms with Crippen LogP contribution < -0.4 is 15.9 Å². The van der Waals surface area contributed by atoms with Crippen LogP contribution in [0.25, 0.3) is 32.8 Å². The van der Waals surface area contributed by atoms with Gasteiger partial charge in [-0.05, 0) is 46.1 Å². The van der Waals surface area contributed by atoms with Crippen LogP contribution in [-0.2, 0) is 0 Å². The van der Waals surface area contributed by atoms with Crippen LogP contribution in [0.15, 0.2) is 134 Å². The van der Waals surface area contributed by atoms with E-state index in [-0.39, 0.29) is 0 Å². The lowest BCUT2D eigenvalue weighted by Crippen LogP contribution is -2.21. The van der Waals surface area contributed by atoms with E-state index in [1.807, 2.05) is 6.20 Å². The molecule has 0 saturated carbocycles. The van der Waals surface area contributed by atoms with Crippen LogP contribution in [0, 0.1) is 0 Å². The summed E-state index contributed by atoms with van der Waals surface area (Å²) in [5.41, 5.74) is 2.24. The molecule has 0 radical (unpaired) electrons. The Morgan fingerprint density at radius 1 is 0.485 bits per heavy atom. The van der Waals surface area contributed by atoms with Crippen LogP contribution in [0.2, 0.25) is 0 Å². The minimum atomic E-state index is -0.723. The van der Waals surface area contributed by atoms with Crippen LogP contribution >= 0.6 is 7.92 Å². The number of rotatable bonds is 4. The Morgan fingerprint density at radius 2 is 1.09 bits per heavy atom. The molecule has 0 spiro atoms. The maximum absolute atomic E-state index is 4.88. The van der Waals surface area contributed by atoms with Crippen molar-refractivity contribution in [1.82, 2.24) is 4.98 Å². The predicted octanol–water partition coefficient (Wildman–Crippen LogP) is 6.81. The van der Waals surface area contributed by atoms with E-state index >= 15 is 0 Å². The third kappa shape index (κ3) is 3.61. The number of pyridine rings is 1. The summed E-state index contributed by atoms with van der Waals surface area (Å²) in [6, 6.07) is 45.7. The molecule has 33 heavy (non-hydrogen) atoms. The van der Waals surface area contributed by atoms with Crippen molar-refractivity contribution >= 4 is 45.4 Å². The van der Waals surface area contributed by atoms with Crippen molar-refractivity contribution in [1.29, 1.82) is 0 Å². The molecular formula is C31H22NP. The molecule has 0 atom stereocenters. The Morgan fingerprint density at radius 3 is 1.82 bits per heavy atom. The lowest BCUT2D eigenvalue weighted by atomic mass is 9.98. The molecule has 0 bridgehead atoms. The van der Waals surface area contributed by atoms with Crippen LogP contribution in [-0.4, -0.2) is 4.98 Å². The van der Waals surface area contributed by atoms with Gasteiger partial charge in [0.1, 0.15) is 0 Å². The molecule has 6 rings (SSSR count). The van der Waals surface area contributed by atoms with Crippen molar-refractivity contribution in [2.45, 2.75) is 0 Å². The zero-order valence-electron chi connectivity index (χ0n) is 18.1. The molecule has 0 aliphatic rings. The monoisotopic (exact) mass is 439 g/mol. The number of fused-ring (bicyclic) bond motifs is 2. The molecule has 0 unspecified atom stereocenters. The Kier molecular flexibility index (Phi) is 5.19. The van der Waals surface area contributed by atoms with E-state index in [9.17, 15) is 0 Å². The quantitative estimate of drug-likeness (QED) is 0.275. The van der Waals surface area contributed by atoms with Crippen LogP contribution in [0.5, 0.6) is 0 Å². The second-order valence-electron chi connectivity index (χ2n) is 8.07. The van der Waals surface area contributed by atoms with Crippen molar-refractivity contribution in [3.8, 4) is 11.3 Å². The summed E-state index contributed by atoms with van der Waals surface area (Å²) < 4.78 is 0. The van der Waals surface area contributed by atoms with Gasteiger partial charge in [0.15, 0.2) is 0 Å². The number of hydrogen-bond donors (Lipinski definition) is 0. The van der Waals surface area contributed by atoms with E-state index in [4.69, 9.17) is 4.98 Å². The van der Waals surface area contributed by atoms with Gasteiger partial charge in [0.05, 0.1) is 5.69 Å². The average Bonchev–Trinajstić information content (AvgIpc) is 2.89. The van der Waals surface area contributed by atoms with Crippen LogP contribution in [0.4, 0.5) is 0 Å². The highest BCUT2D eigenvalue weighted by atomic mass is 31.1. The Balaban J connectivity index is 1.69. The molecule has 0 amide bonds. The molecule has 0 N–H and O–H groups in total. The van der Waals surface area contributed by atoms with Gasteiger partial charge in [0, 0.05) is 17.1 Å². The van der Waals surface area contributed by atoms with E-state index in [1.54, 1.807) is 0 Å². The fourth-order valence-corrected chi connectivity index (χ4v) is 7.12. The van der Waals surface area contributed by atoms with Crippen molar-refractivity contribution < 1.29 is 0 Å². The van der Waals surface area contributed by atoms with E-state index in [2.05, 4.69) is 127 Å². The number of benzene rings is 5. The molecule has 1 nitrogen and oxygen atoms in total. The van der Waals surface area contributed by atoms with Crippen LogP contribution in [0.1, 0.15) is 0 Å². The molecular weight excluding hydrogens is 417 g/mol. The van der Waals surface area contributed by atoms with E-state index in [1.165, 1.54) is 43.0 Å². The SMILES string of the molecule is c1ccc(P(c2ccccc2)c2cccc3cccc(-c4nccc5ccccc45)c23)cc1. The maximum Gasteiger partial charge on any atom is 0.0786 e. The molecule has 156 valence electrons. The van der Waals surface area contributed by atoms with Crippen molar-refractivity contribution in [3.05, 3.63) is 134 Å². The molecule has 6 aromatic rings. The Hall–Kier alpha value is -3.80. The minimum absolute atomic E-state index is 0.723. The summed E-state index contributed by atoms with van der Waals surface area (Å²) in [4.78, 5) is 4.88. The topological polar surface area (TPSA) is 12.9 Å². The van der Waals surface area contributed by atoms with Crippen molar-refractivity contribution in [2.75, 3.05) is 0 Å². The standard InChI is InChI=1S/C31H22NP/c1-3-14-25(15-4-1)33(26-16-5-2-6-17-26)29-20-10-13-24-12-9-19-28(30(24)29)31-27-18-8-7-11-23(27)21-22-32-31/h1-22H. The van der Waals surface area contributed by atoms with E-state index in [0.29, 0.717) is 0 Å². The smallest absolute Gasteiger partial charge is 0.0786 e. The molecule has 5 aromatic carbocycles. The minimum Gasteiger partial charge on any atom is -0.256 e. The largest absolute Gasteiger partial charge is 0.256 e. The number of hydrogen-bond acceptors (Lipinski definition) is 1. The summed E-state index contributed by atoms with van der Waals surface area (Å²) in [7, 11) is -0.723. The Bertz CT molecular complexity index is 1510. The lowest BCUT2D eigenvalue weighted by Gasteiger charge is -2.22. The maximum atomic E-state index is 4.88. The summed E-state index contributed by atoms with van der Waals surface area (Å²) in [6.07, 6.45) is 1.93. The second-order valence-corrected chi connectivity index (χ2v) is 10.3. The van der Waals surface area contributed by atoms with Gasteiger partial charge >= 0.3 is 0 Å². The lowest BCUT2D eigenvalue weighted by molar-refractivity contribution is 1.36. The first-order valence-corrected chi connectivity index (χ1v) is 12.5.